The molecule has 0 radical (unpaired) electrons. The Bertz CT molecular complexity index is 734. The Balaban J connectivity index is 2.40. The number of nitrogens with zero attached hydrogens (tertiary/aromatic N) is 4. The van der Waals surface area contributed by atoms with Gasteiger partial charge >= 0.3 is 0 Å². The van der Waals surface area contributed by atoms with Crippen LogP contribution in [-0.4, -0.2) is 11.4 Å². The highest BCUT2D eigenvalue weighted by Crippen LogP contribution is 2.31. The van der Waals surface area contributed by atoms with E-state index in [-0.39, 0.29) is 0 Å². The van der Waals surface area contributed by atoms with E-state index in [9.17, 15) is 0 Å². The van der Waals surface area contributed by atoms with Crippen LogP contribution in [0.3, 0.4) is 0 Å². The fraction of sp³-hybridized carbons (Fsp3) is 0. The molecular weight excluding hydrogens is 256 g/mol. The van der Waals surface area contributed by atoms with E-state index < -0.39 is 0 Å². The third kappa shape index (κ3) is 1.65. The van der Waals surface area contributed by atoms with E-state index in [0.29, 0.717) is 11.4 Å². The zero-order valence-corrected chi connectivity index (χ0v) is 10.5. The van der Waals surface area contributed by atoms with Crippen molar-refractivity contribution in [2.24, 2.45) is 9.98 Å². The highest BCUT2D eigenvalue weighted by molar-refractivity contribution is 7.13. The maximum Gasteiger partial charge on any atom is 0.206 e. The molecule has 0 amide bonds. The van der Waals surface area contributed by atoms with Gasteiger partial charge in [-0.05, 0) is 11.4 Å². The van der Waals surface area contributed by atoms with Crippen LogP contribution in [0.4, 0.5) is 0 Å². The summed E-state index contributed by atoms with van der Waals surface area (Å²) in [5.74, 6) is 0. The Morgan fingerprint density at radius 1 is 0.842 bits per heavy atom. The number of benzene rings is 1. The molecule has 0 N–H and O–H groups in total. The Kier molecular flexibility index (Phi) is 2.68. The summed E-state index contributed by atoms with van der Waals surface area (Å²) in [4.78, 5) is 8.74. The first-order chi connectivity index (χ1) is 9.36. The molecule has 1 aliphatic carbocycles. The summed E-state index contributed by atoms with van der Waals surface area (Å²) in [5, 5.41) is 19.6. The monoisotopic (exact) mass is 262 g/mol. The third-order valence-corrected chi connectivity index (χ3v) is 3.82. The van der Waals surface area contributed by atoms with E-state index >= 15 is 0 Å². The molecule has 0 saturated carbocycles. The van der Waals surface area contributed by atoms with Gasteiger partial charge < -0.3 is 0 Å². The smallest absolute Gasteiger partial charge is 0.172 e. The summed E-state index contributed by atoms with van der Waals surface area (Å²) >= 11 is 1.49. The minimum atomic E-state index is 0.645. The van der Waals surface area contributed by atoms with Crippen molar-refractivity contribution in [3.05, 3.63) is 57.3 Å². The van der Waals surface area contributed by atoms with Crippen LogP contribution in [0.1, 0.15) is 21.6 Å². The van der Waals surface area contributed by atoms with E-state index in [4.69, 9.17) is 10.5 Å². The first kappa shape index (κ1) is 11.3. The van der Waals surface area contributed by atoms with Crippen LogP contribution in [0.25, 0.3) is 0 Å². The van der Waals surface area contributed by atoms with E-state index in [1.807, 2.05) is 48.1 Å². The summed E-state index contributed by atoms with van der Waals surface area (Å²) in [5.41, 5.74) is 3.84. The molecule has 0 spiro atoms. The largest absolute Gasteiger partial charge is 0.206 e. The third-order valence-electron chi connectivity index (χ3n) is 2.90. The first-order valence-electron chi connectivity index (χ1n) is 5.48. The second-order valence-electron chi connectivity index (χ2n) is 3.83. The van der Waals surface area contributed by atoms with E-state index in [2.05, 4.69) is 9.98 Å². The number of thiophene rings is 1. The van der Waals surface area contributed by atoms with Gasteiger partial charge in [-0.25, -0.2) is 0 Å². The van der Waals surface area contributed by atoms with Crippen LogP contribution in [-0.2, 0) is 0 Å². The zero-order chi connectivity index (χ0) is 13.2. The van der Waals surface area contributed by atoms with Gasteiger partial charge in [0.25, 0.3) is 0 Å². The molecule has 0 saturated heterocycles. The van der Waals surface area contributed by atoms with E-state index in [0.717, 1.165) is 21.6 Å². The molecule has 0 unspecified atom stereocenters. The second kappa shape index (κ2) is 4.49. The Morgan fingerprint density at radius 2 is 1.47 bits per heavy atom. The highest BCUT2D eigenvalue weighted by atomic mass is 32.1. The van der Waals surface area contributed by atoms with Gasteiger partial charge in [-0.15, -0.1) is 11.3 Å². The fourth-order valence-electron chi connectivity index (χ4n) is 2.17. The molecule has 3 rings (SSSR count). The van der Waals surface area contributed by atoms with Gasteiger partial charge in [-0.3, -0.25) is 0 Å². The number of nitriles is 2. The molecule has 5 heteroatoms. The van der Waals surface area contributed by atoms with E-state index in [1.165, 1.54) is 11.3 Å². The minimum absolute atomic E-state index is 0.645. The lowest BCUT2D eigenvalue weighted by atomic mass is 9.88. The average molecular weight is 262 g/mol. The Morgan fingerprint density at radius 3 is 2.16 bits per heavy atom. The van der Waals surface area contributed by atoms with Crippen LogP contribution >= 0.6 is 11.3 Å². The quantitative estimate of drug-likeness (QED) is 0.584. The SMILES string of the molecule is N#CN=C1c2ccccc2C(=NC#N)c2sccc21. The Labute approximate surface area is 113 Å². The van der Waals surface area contributed by atoms with Gasteiger partial charge in [0.05, 0.1) is 10.6 Å². The van der Waals surface area contributed by atoms with Crippen LogP contribution in [0.15, 0.2) is 45.7 Å². The van der Waals surface area contributed by atoms with Crippen molar-refractivity contribution in [2.75, 3.05) is 0 Å². The van der Waals surface area contributed by atoms with Crippen molar-refractivity contribution in [1.29, 1.82) is 10.5 Å². The number of aliphatic imine (C=N–C) groups is 2. The molecule has 2 aromatic rings. The molecule has 0 fully saturated rings. The normalized spacial score (nSPS) is 16.5. The van der Waals surface area contributed by atoms with Crippen molar-refractivity contribution < 1.29 is 0 Å². The van der Waals surface area contributed by atoms with Gasteiger partial charge in [-0.1, -0.05) is 24.3 Å². The van der Waals surface area contributed by atoms with Crippen molar-refractivity contribution in [1.82, 2.24) is 0 Å². The van der Waals surface area contributed by atoms with Gasteiger partial charge in [-0.2, -0.15) is 20.5 Å². The lowest BCUT2D eigenvalue weighted by molar-refractivity contribution is 1.40. The maximum atomic E-state index is 8.86. The molecule has 1 aliphatic rings. The number of rotatable bonds is 0. The van der Waals surface area contributed by atoms with Crippen LogP contribution < -0.4 is 0 Å². The number of fused-ring (bicyclic) bond motifs is 2. The fourth-order valence-corrected chi connectivity index (χ4v) is 3.07. The molecule has 1 heterocycles. The van der Waals surface area contributed by atoms with Gasteiger partial charge in [0.15, 0.2) is 0 Å². The lowest BCUT2D eigenvalue weighted by Gasteiger charge is -2.18. The van der Waals surface area contributed by atoms with Crippen LogP contribution in [0, 0.1) is 22.9 Å². The average Bonchev–Trinajstić information content (AvgIpc) is 2.91. The summed E-state index contributed by atoms with van der Waals surface area (Å²) in [6.45, 7) is 0. The molecule has 0 aliphatic heterocycles. The first-order valence-corrected chi connectivity index (χ1v) is 6.36. The van der Waals surface area contributed by atoms with Crippen molar-refractivity contribution >= 4 is 22.8 Å². The predicted molar refractivity (Wildman–Crippen MR) is 73.3 cm³/mol. The lowest BCUT2D eigenvalue weighted by Crippen LogP contribution is -2.19. The molecule has 4 nitrogen and oxygen atoms in total. The molecule has 1 aromatic carbocycles. The summed E-state index contributed by atoms with van der Waals surface area (Å²) in [6, 6.07) is 9.44. The topological polar surface area (TPSA) is 72.3 Å². The van der Waals surface area contributed by atoms with E-state index in [1.54, 1.807) is 0 Å². The summed E-state index contributed by atoms with van der Waals surface area (Å²) in [6.07, 6.45) is 3.69. The Hall–Kier alpha value is -2.76. The van der Waals surface area contributed by atoms with Gasteiger partial charge in [0.1, 0.15) is 5.71 Å². The number of hydrogen-bond donors (Lipinski definition) is 0. The predicted octanol–water partition coefficient (Wildman–Crippen LogP) is 2.70. The summed E-state index contributed by atoms with van der Waals surface area (Å²) < 4.78 is 0. The van der Waals surface area contributed by atoms with Gasteiger partial charge in [0, 0.05) is 16.7 Å². The van der Waals surface area contributed by atoms with Crippen molar-refractivity contribution in [3.8, 4) is 12.4 Å². The molecular formula is C14H6N4S. The molecule has 19 heavy (non-hydrogen) atoms. The molecule has 0 atom stereocenters. The zero-order valence-electron chi connectivity index (χ0n) is 9.66. The summed E-state index contributed by atoms with van der Waals surface area (Å²) in [7, 11) is 0. The number of hydrogen-bond acceptors (Lipinski definition) is 5. The standard InChI is InChI=1S/C14H6N4S/c15-7-17-12-9-3-1-2-4-10(9)13(18-8-16)14-11(12)5-6-19-14/h1-6H. The van der Waals surface area contributed by atoms with Crippen LogP contribution in [0.2, 0.25) is 0 Å². The molecule has 0 bridgehead atoms. The second-order valence-corrected chi connectivity index (χ2v) is 4.75. The molecule has 88 valence electrons. The highest BCUT2D eigenvalue weighted by Gasteiger charge is 2.27. The van der Waals surface area contributed by atoms with Crippen LogP contribution in [0.5, 0.6) is 0 Å². The van der Waals surface area contributed by atoms with Gasteiger partial charge in [0.2, 0.25) is 12.4 Å². The minimum Gasteiger partial charge on any atom is -0.172 e. The van der Waals surface area contributed by atoms with Crippen molar-refractivity contribution in [2.45, 2.75) is 0 Å². The molecule has 1 aromatic heterocycles. The maximum absolute atomic E-state index is 8.86. The van der Waals surface area contributed by atoms with Crippen molar-refractivity contribution in [3.63, 3.8) is 0 Å².